The molecule has 2 heterocycles. The molecular weight excluding hydrogens is 419 g/mol. The van der Waals surface area contributed by atoms with Gasteiger partial charge in [-0.1, -0.05) is 35.0 Å². The molecule has 0 saturated carbocycles. The second kappa shape index (κ2) is 8.49. The molecule has 0 radical (unpaired) electrons. The molecule has 0 spiro atoms. The van der Waals surface area contributed by atoms with Gasteiger partial charge in [-0.3, -0.25) is 4.90 Å². The summed E-state index contributed by atoms with van der Waals surface area (Å²) in [6.45, 7) is 7.41. The number of hydrogen-bond acceptors (Lipinski definition) is 6. The second-order valence-electron chi connectivity index (χ2n) is 7.85. The number of halogens is 1. The van der Waals surface area contributed by atoms with E-state index in [2.05, 4.69) is 15.0 Å². The quantitative estimate of drug-likeness (QED) is 0.599. The molecule has 0 bridgehead atoms. The molecule has 31 heavy (non-hydrogen) atoms. The predicted molar refractivity (Wildman–Crippen MR) is 114 cm³/mol. The van der Waals surface area contributed by atoms with Crippen molar-refractivity contribution in [1.29, 1.82) is 0 Å². The van der Waals surface area contributed by atoms with Crippen molar-refractivity contribution in [3.63, 3.8) is 0 Å². The minimum atomic E-state index is -3.51. The highest BCUT2D eigenvalue weighted by Gasteiger charge is 2.31. The van der Waals surface area contributed by atoms with Crippen LogP contribution < -0.4 is 0 Å². The van der Waals surface area contributed by atoms with Crippen LogP contribution in [-0.2, 0) is 10.0 Å². The van der Waals surface area contributed by atoms with E-state index in [0.717, 1.165) is 5.56 Å². The second-order valence-corrected chi connectivity index (χ2v) is 9.79. The summed E-state index contributed by atoms with van der Waals surface area (Å²) in [7, 11) is -3.51. The molecule has 1 aromatic heterocycles. The Morgan fingerprint density at radius 1 is 1.03 bits per heavy atom. The molecule has 2 aromatic carbocycles. The molecule has 1 fully saturated rings. The minimum absolute atomic E-state index is 0.180. The lowest BCUT2D eigenvalue weighted by molar-refractivity contribution is 0.124. The Morgan fingerprint density at radius 3 is 2.35 bits per heavy atom. The van der Waals surface area contributed by atoms with E-state index in [1.807, 2.05) is 13.8 Å². The predicted octanol–water partition coefficient (Wildman–Crippen LogP) is 3.56. The summed E-state index contributed by atoms with van der Waals surface area (Å²) in [5.74, 6) is 0.440. The third kappa shape index (κ3) is 4.39. The van der Waals surface area contributed by atoms with Crippen LogP contribution in [0, 0.1) is 19.7 Å². The molecule has 164 valence electrons. The monoisotopic (exact) mass is 444 g/mol. The molecule has 7 nitrogen and oxygen atoms in total. The van der Waals surface area contributed by atoms with Crippen LogP contribution in [-0.4, -0.2) is 53.9 Å². The van der Waals surface area contributed by atoms with Crippen LogP contribution in [0.2, 0.25) is 0 Å². The zero-order valence-electron chi connectivity index (χ0n) is 17.7. The van der Waals surface area contributed by atoms with E-state index < -0.39 is 10.0 Å². The fourth-order valence-electron chi connectivity index (χ4n) is 3.60. The largest absolute Gasteiger partial charge is 0.337 e. The van der Waals surface area contributed by atoms with Gasteiger partial charge >= 0.3 is 0 Å². The molecule has 4 rings (SSSR count). The molecule has 9 heteroatoms. The fourth-order valence-corrected chi connectivity index (χ4v) is 5.02. The number of aromatic nitrogens is 2. The van der Waals surface area contributed by atoms with Crippen LogP contribution in [0.25, 0.3) is 11.4 Å². The minimum Gasteiger partial charge on any atom is -0.337 e. The molecule has 1 atom stereocenters. The maximum atomic E-state index is 13.8. The topological polar surface area (TPSA) is 79.5 Å². The molecule has 1 unspecified atom stereocenters. The Morgan fingerprint density at radius 2 is 1.71 bits per heavy atom. The number of hydrogen-bond donors (Lipinski definition) is 0. The van der Waals surface area contributed by atoms with Gasteiger partial charge in [-0.2, -0.15) is 9.29 Å². The van der Waals surface area contributed by atoms with Crippen LogP contribution in [0.15, 0.2) is 51.9 Å². The normalized spacial score (nSPS) is 17.0. The molecule has 1 aliphatic rings. The van der Waals surface area contributed by atoms with Gasteiger partial charge in [0, 0.05) is 31.7 Å². The molecular formula is C22H25FN4O3S. The average Bonchev–Trinajstić information content (AvgIpc) is 3.26. The molecule has 0 N–H and O–H groups in total. The van der Waals surface area contributed by atoms with Crippen LogP contribution in [0.4, 0.5) is 4.39 Å². The lowest BCUT2D eigenvalue weighted by Gasteiger charge is -2.36. The third-order valence-electron chi connectivity index (χ3n) is 5.71. The zero-order chi connectivity index (χ0) is 22.2. The van der Waals surface area contributed by atoms with E-state index in [0.29, 0.717) is 53.9 Å². The first-order chi connectivity index (χ1) is 14.8. The van der Waals surface area contributed by atoms with Crippen molar-refractivity contribution < 1.29 is 17.3 Å². The summed E-state index contributed by atoms with van der Waals surface area (Å²) in [5, 5.41) is 3.99. The van der Waals surface area contributed by atoms with E-state index >= 15 is 0 Å². The number of sulfonamides is 1. The van der Waals surface area contributed by atoms with E-state index in [4.69, 9.17) is 4.52 Å². The first-order valence-electron chi connectivity index (χ1n) is 10.2. The van der Waals surface area contributed by atoms with Crippen LogP contribution >= 0.6 is 0 Å². The van der Waals surface area contributed by atoms with Gasteiger partial charge in [0.15, 0.2) is 0 Å². The number of piperazine rings is 1. The highest BCUT2D eigenvalue weighted by Crippen LogP contribution is 2.26. The van der Waals surface area contributed by atoms with Crippen molar-refractivity contribution in [3.8, 4) is 11.4 Å². The Labute approximate surface area is 181 Å². The van der Waals surface area contributed by atoms with Crippen LogP contribution in [0.3, 0.4) is 0 Å². The first-order valence-corrected chi connectivity index (χ1v) is 11.6. The smallest absolute Gasteiger partial charge is 0.244 e. The Kier molecular flexibility index (Phi) is 5.92. The van der Waals surface area contributed by atoms with Crippen molar-refractivity contribution in [2.45, 2.75) is 31.7 Å². The third-order valence-corrected chi connectivity index (χ3v) is 7.62. The molecule has 3 aromatic rings. The van der Waals surface area contributed by atoms with Crippen molar-refractivity contribution in [2.75, 3.05) is 26.2 Å². The van der Waals surface area contributed by atoms with Gasteiger partial charge in [0.05, 0.1) is 10.9 Å². The van der Waals surface area contributed by atoms with Gasteiger partial charge in [0.1, 0.15) is 5.82 Å². The SMILES string of the molecule is Cc1ccc(S(=O)(=O)N2CCN(C(C)c3nc(-c4ccc(C)c(F)c4)no3)CC2)cc1. The lowest BCUT2D eigenvalue weighted by Crippen LogP contribution is -2.49. The van der Waals surface area contributed by atoms with Crippen molar-refractivity contribution in [1.82, 2.24) is 19.3 Å². The Hall–Kier alpha value is -2.62. The molecule has 1 aliphatic heterocycles. The van der Waals surface area contributed by atoms with Gasteiger partial charge in [-0.25, -0.2) is 12.8 Å². The van der Waals surface area contributed by atoms with Gasteiger partial charge in [-0.15, -0.1) is 0 Å². The standard InChI is InChI=1S/C22H25FN4O3S/c1-15-4-8-19(9-5-15)31(28,29)27-12-10-26(11-13-27)17(3)22-24-21(25-30-22)18-7-6-16(2)20(23)14-18/h4-9,14,17H,10-13H2,1-3H3. The zero-order valence-corrected chi connectivity index (χ0v) is 18.6. The summed E-state index contributed by atoms with van der Waals surface area (Å²) in [4.78, 5) is 6.85. The summed E-state index contributed by atoms with van der Waals surface area (Å²) < 4.78 is 46.6. The lowest BCUT2D eigenvalue weighted by atomic mass is 10.1. The van der Waals surface area contributed by atoms with Crippen LogP contribution in [0.1, 0.15) is 30.0 Å². The number of rotatable bonds is 5. The van der Waals surface area contributed by atoms with Gasteiger partial charge in [0.2, 0.25) is 21.7 Å². The van der Waals surface area contributed by atoms with E-state index in [1.165, 1.54) is 10.4 Å². The van der Waals surface area contributed by atoms with Gasteiger partial charge < -0.3 is 4.52 Å². The average molecular weight is 445 g/mol. The van der Waals surface area contributed by atoms with Crippen molar-refractivity contribution in [2.24, 2.45) is 0 Å². The first kappa shape index (κ1) is 21.6. The van der Waals surface area contributed by atoms with E-state index in [9.17, 15) is 12.8 Å². The van der Waals surface area contributed by atoms with E-state index in [-0.39, 0.29) is 11.9 Å². The summed E-state index contributed by atoms with van der Waals surface area (Å²) >= 11 is 0. The number of aryl methyl sites for hydroxylation is 2. The summed E-state index contributed by atoms with van der Waals surface area (Å²) in [5.41, 5.74) is 2.13. The Bertz CT molecular complexity index is 1170. The maximum Gasteiger partial charge on any atom is 0.244 e. The van der Waals surface area contributed by atoms with Crippen LogP contribution in [0.5, 0.6) is 0 Å². The highest BCUT2D eigenvalue weighted by atomic mass is 32.2. The molecule has 0 amide bonds. The number of nitrogens with zero attached hydrogens (tertiary/aromatic N) is 4. The van der Waals surface area contributed by atoms with Gasteiger partial charge in [0.25, 0.3) is 0 Å². The summed E-state index contributed by atoms with van der Waals surface area (Å²) in [6.07, 6.45) is 0. The fraction of sp³-hybridized carbons (Fsp3) is 0.364. The van der Waals surface area contributed by atoms with Crippen molar-refractivity contribution in [3.05, 3.63) is 65.3 Å². The van der Waals surface area contributed by atoms with Gasteiger partial charge in [-0.05, 0) is 44.5 Å². The van der Waals surface area contributed by atoms with E-state index in [1.54, 1.807) is 43.3 Å². The molecule has 0 aliphatic carbocycles. The summed E-state index contributed by atoms with van der Waals surface area (Å²) in [6, 6.07) is 11.5. The maximum absolute atomic E-state index is 13.8. The highest BCUT2D eigenvalue weighted by molar-refractivity contribution is 7.89. The number of benzene rings is 2. The van der Waals surface area contributed by atoms with Crippen molar-refractivity contribution >= 4 is 10.0 Å². The Balaban J connectivity index is 1.42. The molecule has 1 saturated heterocycles.